The average molecular weight is 216 g/mol. The van der Waals surface area contributed by atoms with Crippen molar-refractivity contribution < 1.29 is 4.57 Å². The Morgan fingerprint density at radius 3 is 2.13 bits per heavy atom. The van der Waals surface area contributed by atoms with Crippen LogP contribution in [-0.2, 0) is 4.57 Å². The van der Waals surface area contributed by atoms with Gasteiger partial charge in [-0.15, -0.1) is 0 Å². The van der Waals surface area contributed by atoms with Crippen LogP contribution in [0.4, 0.5) is 5.69 Å². The van der Waals surface area contributed by atoms with Crippen LogP contribution in [0.15, 0.2) is 54.6 Å². The summed E-state index contributed by atoms with van der Waals surface area (Å²) in [5, 5.41) is 1.52. The highest BCUT2D eigenvalue weighted by Crippen LogP contribution is 2.22. The van der Waals surface area contributed by atoms with E-state index < -0.39 is 7.80 Å². The standard InChI is InChI=1S/C12H11NOP/c13-11-8-4-5-9-12(11)15(14)10-6-2-1-3-7-10/h1-9H,13H2/q+1. The van der Waals surface area contributed by atoms with Crippen molar-refractivity contribution in [2.45, 2.75) is 0 Å². The van der Waals surface area contributed by atoms with Crippen LogP contribution in [0, 0.1) is 0 Å². The first-order chi connectivity index (χ1) is 7.29. The quantitative estimate of drug-likeness (QED) is 0.616. The van der Waals surface area contributed by atoms with Gasteiger partial charge in [0.25, 0.3) is 0 Å². The van der Waals surface area contributed by atoms with Crippen molar-refractivity contribution in [2.24, 2.45) is 0 Å². The fraction of sp³-hybridized carbons (Fsp3) is 0. The molecule has 0 aromatic heterocycles. The molecule has 2 N–H and O–H groups in total. The lowest BCUT2D eigenvalue weighted by atomic mass is 10.3. The number of rotatable bonds is 2. The van der Waals surface area contributed by atoms with E-state index >= 15 is 0 Å². The molecule has 0 aliphatic heterocycles. The van der Waals surface area contributed by atoms with Gasteiger partial charge in [0, 0.05) is 0 Å². The summed E-state index contributed by atoms with van der Waals surface area (Å²) in [6.07, 6.45) is 0. The number of hydrogen-bond donors (Lipinski definition) is 1. The van der Waals surface area contributed by atoms with Crippen molar-refractivity contribution in [1.82, 2.24) is 0 Å². The summed E-state index contributed by atoms with van der Waals surface area (Å²) >= 11 is 0. The van der Waals surface area contributed by atoms with Gasteiger partial charge in [0.15, 0.2) is 5.30 Å². The second kappa shape index (κ2) is 4.24. The normalized spacial score (nSPS) is 11.1. The molecule has 2 aromatic rings. The SMILES string of the molecule is Nc1ccccc1[P+](=O)c1ccccc1. The zero-order valence-corrected chi connectivity index (χ0v) is 9.02. The first-order valence-corrected chi connectivity index (χ1v) is 5.92. The lowest BCUT2D eigenvalue weighted by molar-refractivity contribution is 0.598. The van der Waals surface area contributed by atoms with Crippen LogP contribution in [0.1, 0.15) is 0 Å². The molecule has 0 spiro atoms. The minimum Gasteiger partial charge on any atom is -0.395 e. The maximum absolute atomic E-state index is 12.1. The zero-order valence-electron chi connectivity index (χ0n) is 8.13. The van der Waals surface area contributed by atoms with Crippen LogP contribution in [0.25, 0.3) is 0 Å². The first kappa shape index (κ1) is 9.88. The van der Waals surface area contributed by atoms with E-state index in [1.807, 2.05) is 42.5 Å². The van der Waals surface area contributed by atoms with E-state index in [0.717, 1.165) is 5.30 Å². The predicted octanol–water partition coefficient (Wildman–Crippen LogP) is 2.05. The molecular formula is C12H11NOP+. The Morgan fingerprint density at radius 2 is 1.47 bits per heavy atom. The maximum Gasteiger partial charge on any atom is 0.417 e. The van der Waals surface area contributed by atoms with Gasteiger partial charge in [0.05, 0.1) is 5.69 Å². The summed E-state index contributed by atoms with van der Waals surface area (Å²) in [4.78, 5) is 0. The number of anilines is 1. The molecule has 0 saturated carbocycles. The highest BCUT2D eigenvalue weighted by atomic mass is 31.1. The molecule has 74 valence electrons. The van der Waals surface area contributed by atoms with E-state index in [1.54, 1.807) is 12.1 Å². The third-order valence-corrected chi connectivity index (χ3v) is 3.76. The lowest BCUT2D eigenvalue weighted by Gasteiger charge is -1.93. The molecule has 0 amide bonds. The summed E-state index contributed by atoms with van der Waals surface area (Å²) in [7, 11) is -1.57. The van der Waals surface area contributed by atoms with E-state index in [1.165, 1.54) is 0 Å². The Kier molecular flexibility index (Phi) is 2.79. The molecule has 0 heterocycles. The summed E-state index contributed by atoms with van der Waals surface area (Å²) in [6.45, 7) is 0. The summed E-state index contributed by atoms with van der Waals surface area (Å²) < 4.78 is 12.1. The molecule has 2 rings (SSSR count). The second-order valence-corrected chi connectivity index (χ2v) is 4.78. The molecule has 15 heavy (non-hydrogen) atoms. The Labute approximate surface area is 89.5 Å². The highest BCUT2D eigenvalue weighted by molar-refractivity contribution is 7.61. The maximum atomic E-state index is 12.1. The second-order valence-electron chi connectivity index (χ2n) is 3.19. The third-order valence-electron chi connectivity index (χ3n) is 2.15. The molecule has 2 nitrogen and oxygen atoms in total. The summed E-state index contributed by atoms with van der Waals surface area (Å²) in [6, 6.07) is 16.6. The highest BCUT2D eigenvalue weighted by Gasteiger charge is 2.24. The van der Waals surface area contributed by atoms with Crippen molar-refractivity contribution >= 4 is 24.1 Å². The minimum atomic E-state index is -1.57. The van der Waals surface area contributed by atoms with Gasteiger partial charge in [-0.1, -0.05) is 34.9 Å². The largest absolute Gasteiger partial charge is 0.417 e. The lowest BCUT2D eigenvalue weighted by Crippen LogP contribution is -2.10. The zero-order chi connectivity index (χ0) is 10.7. The topological polar surface area (TPSA) is 43.1 Å². The van der Waals surface area contributed by atoms with Crippen LogP contribution >= 0.6 is 7.80 Å². The van der Waals surface area contributed by atoms with Crippen LogP contribution < -0.4 is 16.3 Å². The van der Waals surface area contributed by atoms with Gasteiger partial charge in [-0.05, 0) is 24.3 Å². The van der Waals surface area contributed by atoms with Gasteiger partial charge in [-0.25, -0.2) is 0 Å². The smallest absolute Gasteiger partial charge is 0.395 e. The minimum absolute atomic E-state index is 0.586. The van der Waals surface area contributed by atoms with E-state index in [2.05, 4.69) is 0 Å². The van der Waals surface area contributed by atoms with Crippen LogP contribution in [0.2, 0.25) is 0 Å². The molecule has 1 unspecified atom stereocenters. The molecule has 2 aromatic carbocycles. The first-order valence-electron chi connectivity index (χ1n) is 4.66. The molecule has 0 fully saturated rings. The third kappa shape index (κ3) is 2.05. The fourth-order valence-electron chi connectivity index (χ4n) is 1.37. The van der Waals surface area contributed by atoms with Crippen LogP contribution in [0.3, 0.4) is 0 Å². The molecule has 0 saturated heterocycles. The van der Waals surface area contributed by atoms with Crippen molar-refractivity contribution in [3.05, 3.63) is 54.6 Å². The van der Waals surface area contributed by atoms with Gasteiger partial charge in [0.2, 0.25) is 5.30 Å². The average Bonchev–Trinajstić information content (AvgIpc) is 2.30. The van der Waals surface area contributed by atoms with E-state index in [-0.39, 0.29) is 0 Å². The fourth-order valence-corrected chi connectivity index (χ4v) is 2.63. The molecular weight excluding hydrogens is 205 g/mol. The summed E-state index contributed by atoms with van der Waals surface area (Å²) in [5.74, 6) is 0. The van der Waals surface area contributed by atoms with Gasteiger partial charge in [-0.3, -0.25) is 0 Å². The Morgan fingerprint density at radius 1 is 0.867 bits per heavy atom. The number of para-hydroxylation sites is 1. The Hall–Kier alpha value is -1.66. The Bertz CT molecular complexity index is 482. The van der Waals surface area contributed by atoms with Gasteiger partial charge < -0.3 is 5.73 Å². The number of nitrogen functional groups attached to an aromatic ring is 1. The van der Waals surface area contributed by atoms with E-state index in [0.29, 0.717) is 11.0 Å². The van der Waals surface area contributed by atoms with Crippen molar-refractivity contribution in [1.29, 1.82) is 0 Å². The van der Waals surface area contributed by atoms with Crippen molar-refractivity contribution in [3.63, 3.8) is 0 Å². The van der Waals surface area contributed by atoms with Crippen LogP contribution in [0.5, 0.6) is 0 Å². The number of hydrogen-bond acceptors (Lipinski definition) is 2. The van der Waals surface area contributed by atoms with Crippen molar-refractivity contribution in [3.8, 4) is 0 Å². The monoisotopic (exact) mass is 216 g/mol. The van der Waals surface area contributed by atoms with Crippen LogP contribution in [-0.4, -0.2) is 0 Å². The number of nitrogens with two attached hydrogens (primary N) is 1. The van der Waals surface area contributed by atoms with E-state index in [9.17, 15) is 4.57 Å². The van der Waals surface area contributed by atoms with Crippen molar-refractivity contribution in [2.75, 3.05) is 5.73 Å². The predicted molar refractivity (Wildman–Crippen MR) is 64.2 cm³/mol. The summed E-state index contributed by atoms with van der Waals surface area (Å²) in [5.41, 5.74) is 6.36. The van der Waals surface area contributed by atoms with Gasteiger partial charge >= 0.3 is 7.80 Å². The van der Waals surface area contributed by atoms with Gasteiger partial charge in [0.1, 0.15) is 0 Å². The molecule has 3 heteroatoms. The van der Waals surface area contributed by atoms with E-state index in [4.69, 9.17) is 5.73 Å². The molecule has 0 aliphatic carbocycles. The molecule has 1 atom stereocenters. The number of benzene rings is 2. The molecule has 0 bridgehead atoms. The molecule has 0 aliphatic rings. The Balaban J connectivity index is 2.42. The molecule has 0 radical (unpaired) electrons. The van der Waals surface area contributed by atoms with Gasteiger partial charge in [-0.2, -0.15) is 0 Å².